The van der Waals surface area contributed by atoms with Crippen molar-refractivity contribution in [2.75, 3.05) is 13.1 Å². The highest BCUT2D eigenvalue weighted by Crippen LogP contribution is 2.04. The maximum atomic E-state index is 9.78. The van der Waals surface area contributed by atoms with Crippen LogP contribution in [0.3, 0.4) is 0 Å². The van der Waals surface area contributed by atoms with Crippen LogP contribution in [0.25, 0.3) is 0 Å². The summed E-state index contributed by atoms with van der Waals surface area (Å²) >= 11 is 0. The van der Waals surface area contributed by atoms with Crippen molar-refractivity contribution >= 4 is 0 Å². The predicted molar refractivity (Wildman–Crippen MR) is 77.5 cm³/mol. The van der Waals surface area contributed by atoms with Crippen LogP contribution in [0.5, 0.6) is 0 Å². The molecule has 0 amide bonds. The largest absolute Gasteiger partial charge is 0.392 e. The van der Waals surface area contributed by atoms with Gasteiger partial charge in [0.1, 0.15) is 0 Å². The van der Waals surface area contributed by atoms with E-state index in [-0.39, 0.29) is 6.10 Å². The number of aliphatic hydroxyl groups excluding tert-OH is 1. The first kappa shape index (κ1) is 15.0. The van der Waals surface area contributed by atoms with Crippen molar-refractivity contribution in [1.82, 2.24) is 5.32 Å². The lowest BCUT2D eigenvalue weighted by Crippen LogP contribution is -2.28. The normalized spacial score (nSPS) is 20.9. The molecule has 0 fully saturated rings. The highest BCUT2D eigenvalue weighted by Gasteiger charge is 2.03. The van der Waals surface area contributed by atoms with E-state index in [0.717, 1.165) is 25.8 Å². The standard InChI is InChI=1S/C16H25NO/c1-2-3-7-12-16(18)14-17-13-15-10-8-5-4-6-9-11-15/h4-6,10-11,16-18H,2-3,7-8,12-14H2,1H3/b5-4-,15-10+. The molecular formula is C16H25NO. The van der Waals surface area contributed by atoms with Crippen molar-refractivity contribution in [2.24, 2.45) is 0 Å². The van der Waals surface area contributed by atoms with Gasteiger partial charge in [0.25, 0.3) is 0 Å². The van der Waals surface area contributed by atoms with E-state index in [9.17, 15) is 5.11 Å². The molecule has 18 heavy (non-hydrogen) atoms. The average Bonchev–Trinajstić information content (AvgIpc) is 2.32. The lowest BCUT2D eigenvalue weighted by molar-refractivity contribution is 0.159. The second-order valence-electron chi connectivity index (χ2n) is 4.70. The fourth-order valence-electron chi connectivity index (χ4n) is 1.87. The summed E-state index contributed by atoms with van der Waals surface area (Å²) in [5.41, 5.74) is 4.34. The van der Waals surface area contributed by atoms with Gasteiger partial charge < -0.3 is 10.4 Å². The van der Waals surface area contributed by atoms with Crippen molar-refractivity contribution in [2.45, 2.75) is 45.1 Å². The molecule has 0 saturated carbocycles. The molecule has 0 aromatic heterocycles. The monoisotopic (exact) mass is 247 g/mol. The molecule has 2 N–H and O–H groups in total. The Balaban J connectivity index is 2.17. The van der Waals surface area contributed by atoms with E-state index in [0.29, 0.717) is 6.54 Å². The molecule has 1 unspecified atom stereocenters. The van der Waals surface area contributed by atoms with Gasteiger partial charge >= 0.3 is 0 Å². The van der Waals surface area contributed by atoms with Crippen LogP contribution in [0.15, 0.2) is 41.7 Å². The highest BCUT2D eigenvalue weighted by atomic mass is 16.3. The Kier molecular flexibility index (Phi) is 8.24. The van der Waals surface area contributed by atoms with Crippen molar-refractivity contribution in [3.8, 4) is 0 Å². The summed E-state index contributed by atoms with van der Waals surface area (Å²) in [4.78, 5) is 0. The molecule has 1 rings (SSSR count). The van der Waals surface area contributed by atoms with Gasteiger partial charge in [-0.05, 0) is 30.6 Å². The third-order valence-electron chi connectivity index (χ3n) is 2.96. The van der Waals surface area contributed by atoms with Gasteiger partial charge in [0.05, 0.1) is 6.10 Å². The summed E-state index contributed by atoms with van der Waals surface area (Å²) in [6.07, 6.45) is 15.4. The minimum Gasteiger partial charge on any atom is -0.392 e. The maximum absolute atomic E-state index is 9.78. The summed E-state index contributed by atoms with van der Waals surface area (Å²) in [7, 11) is 0. The van der Waals surface area contributed by atoms with Crippen molar-refractivity contribution in [1.29, 1.82) is 0 Å². The molecule has 2 nitrogen and oxygen atoms in total. The van der Waals surface area contributed by atoms with E-state index >= 15 is 0 Å². The first-order chi connectivity index (χ1) is 8.83. The molecule has 0 spiro atoms. The zero-order valence-corrected chi connectivity index (χ0v) is 11.4. The van der Waals surface area contributed by atoms with E-state index in [1.807, 2.05) is 18.2 Å². The Hall–Kier alpha value is -1.08. The highest BCUT2D eigenvalue weighted by molar-refractivity contribution is 5.24. The summed E-state index contributed by atoms with van der Waals surface area (Å²) in [5, 5.41) is 13.1. The van der Waals surface area contributed by atoms with Crippen LogP contribution in [0.2, 0.25) is 0 Å². The number of nitrogens with one attached hydrogen (secondary N) is 1. The molecule has 1 aliphatic rings. The van der Waals surface area contributed by atoms with Crippen LogP contribution in [-0.2, 0) is 0 Å². The lowest BCUT2D eigenvalue weighted by Gasteiger charge is -2.11. The molecular weight excluding hydrogens is 222 g/mol. The Morgan fingerprint density at radius 3 is 3.17 bits per heavy atom. The van der Waals surface area contributed by atoms with E-state index in [4.69, 9.17) is 0 Å². The number of aliphatic hydroxyl groups is 1. The van der Waals surface area contributed by atoms with Gasteiger partial charge in [0.15, 0.2) is 0 Å². The molecule has 1 aliphatic carbocycles. The van der Waals surface area contributed by atoms with Crippen LogP contribution in [0.4, 0.5) is 0 Å². The van der Waals surface area contributed by atoms with Gasteiger partial charge in [-0.2, -0.15) is 0 Å². The number of allylic oxidation sites excluding steroid dienone is 3. The summed E-state index contributed by atoms with van der Waals surface area (Å²) in [6, 6.07) is 0. The van der Waals surface area contributed by atoms with Crippen LogP contribution in [0.1, 0.15) is 39.0 Å². The zero-order valence-electron chi connectivity index (χ0n) is 11.4. The Bertz CT molecular complexity index is 335. The summed E-state index contributed by atoms with van der Waals surface area (Å²) in [5.74, 6) is 0. The van der Waals surface area contributed by atoms with Crippen molar-refractivity contribution < 1.29 is 5.11 Å². The smallest absolute Gasteiger partial charge is 0.0664 e. The molecule has 2 heteroatoms. The molecule has 0 aliphatic heterocycles. The summed E-state index contributed by atoms with van der Waals surface area (Å²) < 4.78 is 0. The van der Waals surface area contributed by atoms with Gasteiger partial charge in [0, 0.05) is 13.1 Å². The minimum absolute atomic E-state index is 0.217. The number of rotatable bonds is 8. The van der Waals surface area contributed by atoms with E-state index < -0.39 is 0 Å². The van der Waals surface area contributed by atoms with Gasteiger partial charge in [-0.25, -0.2) is 0 Å². The second-order valence-corrected chi connectivity index (χ2v) is 4.70. The Labute approximate surface area is 111 Å². The number of unbranched alkanes of at least 4 members (excludes halogenated alkanes) is 2. The van der Waals surface area contributed by atoms with E-state index in [1.54, 1.807) is 0 Å². The van der Waals surface area contributed by atoms with Gasteiger partial charge in [-0.15, -0.1) is 5.73 Å². The Morgan fingerprint density at radius 2 is 2.33 bits per heavy atom. The Morgan fingerprint density at radius 1 is 1.44 bits per heavy atom. The third-order valence-corrected chi connectivity index (χ3v) is 2.96. The van der Waals surface area contributed by atoms with Crippen LogP contribution in [-0.4, -0.2) is 24.3 Å². The van der Waals surface area contributed by atoms with Gasteiger partial charge in [0.2, 0.25) is 0 Å². The molecule has 0 saturated heterocycles. The SMILES string of the molecule is CCCCCC(O)CNC/C1=C/C/C=C\C=C=C1. The van der Waals surface area contributed by atoms with Crippen LogP contribution >= 0.6 is 0 Å². The molecule has 0 heterocycles. The second kappa shape index (κ2) is 9.90. The quantitative estimate of drug-likeness (QED) is 0.510. The molecule has 0 radical (unpaired) electrons. The van der Waals surface area contributed by atoms with Crippen LogP contribution < -0.4 is 5.32 Å². The average molecular weight is 247 g/mol. The van der Waals surface area contributed by atoms with Gasteiger partial charge in [-0.1, -0.05) is 44.4 Å². The number of hydrogen-bond donors (Lipinski definition) is 2. The maximum Gasteiger partial charge on any atom is 0.0664 e. The van der Waals surface area contributed by atoms with Crippen LogP contribution in [0, 0.1) is 0 Å². The molecule has 0 aromatic carbocycles. The minimum atomic E-state index is -0.217. The molecule has 100 valence electrons. The fraction of sp³-hybridized carbons (Fsp3) is 0.562. The summed E-state index contributed by atoms with van der Waals surface area (Å²) in [6.45, 7) is 3.66. The zero-order chi connectivity index (χ0) is 13.1. The molecule has 0 aromatic rings. The van der Waals surface area contributed by atoms with Crippen molar-refractivity contribution in [3.05, 3.63) is 41.7 Å². The fourth-order valence-corrected chi connectivity index (χ4v) is 1.87. The first-order valence-electron chi connectivity index (χ1n) is 6.98. The predicted octanol–water partition coefficient (Wildman–Crippen LogP) is 3.11. The number of hydrogen-bond acceptors (Lipinski definition) is 2. The molecule has 1 atom stereocenters. The molecule has 0 bridgehead atoms. The van der Waals surface area contributed by atoms with Gasteiger partial charge in [-0.3, -0.25) is 0 Å². The third kappa shape index (κ3) is 7.29. The van der Waals surface area contributed by atoms with E-state index in [1.165, 1.54) is 18.4 Å². The first-order valence-corrected chi connectivity index (χ1v) is 6.98. The van der Waals surface area contributed by atoms with Crippen molar-refractivity contribution in [3.63, 3.8) is 0 Å². The lowest BCUT2D eigenvalue weighted by atomic mass is 10.1. The van der Waals surface area contributed by atoms with E-state index in [2.05, 4.69) is 30.1 Å². The topological polar surface area (TPSA) is 32.3 Å².